The highest BCUT2D eigenvalue weighted by atomic mass is 15.2. The Morgan fingerprint density at radius 3 is 2.42 bits per heavy atom. The van der Waals surface area contributed by atoms with Crippen LogP contribution in [0, 0.1) is 6.92 Å². The van der Waals surface area contributed by atoms with Crippen molar-refractivity contribution in [1.82, 2.24) is 5.43 Å². The van der Waals surface area contributed by atoms with Crippen LogP contribution in [0.1, 0.15) is 24.0 Å². The number of hydrazine groups is 1. The summed E-state index contributed by atoms with van der Waals surface area (Å²) >= 11 is 0. The fraction of sp³-hybridized carbons (Fsp3) is 0.400. The van der Waals surface area contributed by atoms with E-state index in [-0.39, 0.29) is 0 Å². The third-order valence-electron chi connectivity index (χ3n) is 2.07. The average Bonchev–Trinajstić information content (AvgIpc) is 2.06. The van der Waals surface area contributed by atoms with E-state index in [0.717, 1.165) is 6.54 Å². The second kappa shape index (κ2) is 4.24. The Balaban J connectivity index is 2.68. The zero-order valence-electron chi connectivity index (χ0n) is 7.67. The maximum Gasteiger partial charge on any atom is 0.0164 e. The first-order chi connectivity index (χ1) is 5.74. The van der Waals surface area contributed by atoms with Crippen molar-refractivity contribution in [3.8, 4) is 0 Å². The number of hydrogen-bond acceptors (Lipinski definition) is 2. The minimum Gasteiger partial charge on any atom is -0.271 e. The van der Waals surface area contributed by atoms with Gasteiger partial charge in [-0.2, -0.15) is 0 Å². The Morgan fingerprint density at radius 1 is 1.33 bits per heavy atom. The average molecular weight is 164 g/mol. The van der Waals surface area contributed by atoms with Gasteiger partial charge in [0.1, 0.15) is 0 Å². The molecule has 0 bridgehead atoms. The molecule has 0 spiro atoms. The fourth-order valence-electron chi connectivity index (χ4n) is 1.19. The van der Waals surface area contributed by atoms with Gasteiger partial charge in [0.25, 0.3) is 0 Å². The van der Waals surface area contributed by atoms with Gasteiger partial charge in [0, 0.05) is 6.54 Å². The van der Waals surface area contributed by atoms with Crippen LogP contribution in [0.3, 0.4) is 0 Å². The summed E-state index contributed by atoms with van der Waals surface area (Å²) in [7, 11) is 0. The van der Waals surface area contributed by atoms with Gasteiger partial charge in [-0.15, -0.1) is 0 Å². The Labute approximate surface area is 73.8 Å². The van der Waals surface area contributed by atoms with Crippen LogP contribution in [0.15, 0.2) is 24.3 Å². The van der Waals surface area contributed by atoms with Gasteiger partial charge in [-0.1, -0.05) is 36.8 Å². The van der Waals surface area contributed by atoms with Crippen LogP contribution in [0.25, 0.3) is 0 Å². The highest BCUT2D eigenvalue weighted by molar-refractivity contribution is 5.24. The summed E-state index contributed by atoms with van der Waals surface area (Å²) in [4.78, 5) is 0. The number of nitrogens with two attached hydrogens (primary N) is 1. The molecule has 0 aromatic heterocycles. The molecule has 0 fully saturated rings. The van der Waals surface area contributed by atoms with Crippen molar-refractivity contribution in [1.29, 1.82) is 0 Å². The molecule has 0 radical (unpaired) electrons. The van der Waals surface area contributed by atoms with Crippen LogP contribution < -0.4 is 11.3 Å². The Bertz CT molecular complexity index is 228. The predicted molar refractivity (Wildman–Crippen MR) is 51.8 cm³/mol. The lowest BCUT2D eigenvalue weighted by molar-refractivity contribution is 0.640. The molecule has 2 nitrogen and oxygen atoms in total. The van der Waals surface area contributed by atoms with E-state index < -0.39 is 0 Å². The third-order valence-corrected chi connectivity index (χ3v) is 2.07. The van der Waals surface area contributed by atoms with Gasteiger partial charge in [-0.3, -0.25) is 11.3 Å². The smallest absolute Gasteiger partial charge is 0.0164 e. The van der Waals surface area contributed by atoms with E-state index in [9.17, 15) is 0 Å². The predicted octanol–water partition coefficient (Wildman–Crippen LogP) is 1.56. The lowest BCUT2D eigenvalue weighted by Crippen LogP contribution is -2.26. The van der Waals surface area contributed by atoms with E-state index in [0.29, 0.717) is 5.92 Å². The summed E-state index contributed by atoms with van der Waals surface area (Å²) in [5, 5.41) is 0. The second-order valence-corrected chi connectivity index (χ2v) is 3.22. The van der Waals surface area contributed by atoms with Crippen molar-refractivity contribution < 1.29 is 0 Å². The maximum absolute atomic E-state index is 5.25. The minimum atomic E-state index is 0.482. The van der Waals surface area contributed by atoms with E-state index in [2.05, 4.69) is 43.5 Å². The lowest BCUT2D eigenvalue weighted by Gasteiger charge is -2.10. The van der Waals surface area contributed by atoms with Crippen LogP contribution in [0.4, 0.5) is 0 Å². The molecule has 1 aromatic rings. The quantitative estimate of drug-likeness (QED) is 0.525. The van der Waals surface area contributed by atoms with Crippen LogP contribution in [-0.2, 0) is 0 Å². The molecular formula is C10H16N2. The fourth-order valence-corrected chi connectivity index (χ4v) is 1.19. The molecule has 0 aliphatic carbocycles. The topological polar surface area (TPSA) is 38.0 Å². The van der Waals surface area contributed by atoms with Crippen LogP contribution >= 0.6 is 0 Å². The Kier molecular flexibility index (Phi) is 3.26. The van der Waals surface area contributed by atoms with Gasteiger partial charge < -0.3 is 0 Å². The largest absolute Gasteiger partial charge is 0.271 e. The van der Waals surface area contributed by atoms with Crippen molar-refractivity contribution in [2.75, 3.05) is 6.54 Å². The first kappa shape index (κ1) is 9.23. The number of aryl methyl sites for hydroxylation is 1. The molecule has 2 heteroatoms. The van der Waals surface area contributed by atoms with E-state index in [1.165, 1.54) is 11.1 Å². The first-order valence-electron chi connectivity index (χ1n) is 4.24. The van der Waals surface area contributed by atoms with E-state index in [1.807, 2.05) is 0 Å². The zero-order chi connectivity index (χ0) is 8.97. The molecule has 66 valence electrons. The summed E-state index contributed by atoms with van der Waals surface area (Å²) in [5.74, 6) is 5.73. The van der Waals surface area contributed by atoms with Gasteiger partial charge in [-0.05, 0) is 18.4 Å². The Morgan fingerprint density at radius 2 is 1.92 bits per heavy atom. The van der Waals surface area contributed by atoms with Crippen molar-refractivity contribution in [2.45, 2.75) is 19.8 Å². The van der Waals surface area contributed by atoms with Crippen molar-refractivity contribution in [3.63, 3.8) is 0 Å². The van der Waals surface area contributed by atoms with Crippen LogP contribution in [0.5, 0.6) is 0 Å². The van der Waals surface area contributed by atoms with Gasteiger partial charge in [-0.25, -0.2) is 0 Å². The lowest BCUT2D eigenvalue weighted by atomic mass is 10.0. The first-order valence-corrected chi connectivity index (χ1v) is 4.24. The Hall–Kier alpha value is -0.860. The molecule has 0 saturated heterocycles. The second-order valence-electron chi connectivity index (χ2n) is 3.22. The molecule has 1 unspecified atom stereocenters. The van der Waals surface area contributed by atoms with Crippen molar-refractivity contribution in [3.05, 3.63) is 35.4 Å². The van der Waals surface area contributed by atoms with Crippen LogP contribution in [-0.4, -0.2) is 6.54 Å². The standard InChI is InChI=1S/C10H16N2/c1-8-3-5-10(6-4-8)9(2)7-12-11/h3-6,9,12H,7,11H2,1-2H3. The normalized spacial score (nSPS) is 12.9. The van der Waals surface area contributed by atoms with Crippen molar-refractivity contribution >= 4 is 0 Å². The monoisotopic (exact) mass is 164 g/mol. The SMILES string of the molecule is Cc1ccc(C(C)CNN)cc1. The van der Waals surface area contributed by atoms with Gasteiger partial charge >= 0.3 is 0 Å². The molecule has 0 aliphatic rings. The highest BCUT2D eigenvalue weighted by Crippen LogP contribution is 2.14. The maximum atomic E-state index is 5.25. The summed E-state index contributed by atoms with van der Waals surface area (Å²) in [6, 6.07) is 8.55. The van der Waals surface area contributed by atoms with Gasteiger partial charge in [0.15, 0.2) is 0 Å². The molecule has 1 rings (SSSR count). The van der Waals surface area contributed by atoms with Crippen LogP contribution in [0.2, 0.25) is 0 Å². The van der Waals surface area contributed by atoms with Gasteiger partial charge in [0.05, 0.1) is 0 Å². The van der Waals surface area contributed by atoms with E-state index in [4.69, 9.17) is 5.84 Å². The number of rotatable bonds is 3. The minimum absolute atomic E-state index is 0.482. The summed E-state index contributed by atoms with van der Waals surface area (Å²) in [6.45, 7) is 5.07. The highest BCUT2D eigenvalue weighted by Gasteiger charge is 2.02. The molecule has 1 atom stereocenters. The molecule has 3 N–H and O–H groups in total. The number of nitrogens with one attached hydrogen (secondary N) is 1. The molecule has 12 heavy (non-hydrogen) atoms. The van der Waals surface area contributed by atoms with Crippen molar-refractivity contribution in [2.24, 2.45) is 5.84 Å². The third kappa shape index (κ3) is 2.32. The number of hydrogen-bond donors (Lipinski definition) is 2. The molecule has 0 saturated carbocycles. The molecule has 1 aromatic carbocycles. The number of benzene rings is 1. The summed E-state index contributed by atoms with van der Waals surface area (Å²) < 4.78 is 0. The molecule has 0 aliphatic heterocycles. The molecule has 0 heterocycles. The summed E-state index contributed by atoms with van der Waals surface area (Å²) in [6.07, 6.45) is 0. The van der Waals surface area contributed by atoms with E-state index in [1.54, 1.807) is 0 Å². The summed E-state index contributed by atoms with van der Waals surface area (Å²) in [5.41, 5.74) is 5.31. The van der Waals surface area contributed by atoms with Gasteiger partial charge in [0.2, 0.25) is 0 Å². The van der Waals surface area contributed by atoms with E-state index >= 15 is 0 Å². The molecular weight excluding hydrogens is 148 g/mol. The zero-order valence-corrected chi connectivity index (χ0v) is 7.67. The molecule has 0 amide bonds.